The second kappa shape index (κ2) is 7.18. The van der Waals surface area contributed by atoms with Gasteiger partial charge in [-0.1, -0.05) is 29.8 Å². The molecule has 0 aromatic heterocycles. The Balaban J connectivity index is 2.07. The van der Waals surface area contributed by atoms with E-state index in [1.165, 1.54) is 16.4 Å². The molecule has 3 rings (SSSR count). The van der Waals surface area contributed by atoms with Crippen LogP contribution >= 0.6 is 0 Å². The van der Waals surface area contributed by atoms with E-state index in [2.05, 4.69) is 6.07 Å². The predicted octanol–water partition coefficient (Wildman–Crippen LogP) is 4.19. The average molecular weight is 372 g/mol. The number of rotatable bonds is 4. The van der Waals surface area contributed by atoms with Gasteiger partial charge in [0, 0.05) is 6.04 Å². The normalized spacial score (nSPS) is 22.1. The molecule has 3 unspecified atom stereocenters. The maximum Gasteiger partial charge on any atom is 0.243 e. The molecule has 1 saturated heterocycles. The Morgan fingerprint density at radius 3 is 2.31 bits per heavy atom. The van der Waals surface area contributed by atoms with Gasteiger partial charge in [-0.05, 0) is 56.5 Å². The zero-order chi connectivity index (χ0) is 18.9. The third-order valence-corrected chi connectivity index (χ3v) is 6.95. The van der Waals surface area contributed by atoms with Crippen LogP contribution in [0.3, 0.4) is 0 Å². The van der Waals surface area contributed by atoms with Gasteiger partial charge < -0.3 is 0 Å². The highest BCUT2D eigenvalue weighted by Crippen LogP contribution is 2.42. The summed E-state index contributed by atoms with van der Waals surface area (Å²) in [5.74, 6) is -0.790. The van der Waals surface area contributed by atoms with Crippen LogP contribution < -0.4 is 0 Å². The fraction of sp³-hybridized carbons (Fsp3) is 0.350. The minimum atomic E-state index is -3.78. The summed E-state index contributed by atoms with van der Waals surface area (Å²) in [6.07, 6.45) is 1.20. The second-order valence-corrected chi connectivity index (χ2v) is 8.62. The standard InChI is InChI=1S/C20H21FN2O2S/c1-14-3-9-18(10-4-14)26(24,25)23-19(15(2)13-22)11-12-20(23)16-5-7-17(21)8-6-16/h3-10,15,19-20H,11-12H2,1-2H3. The van der Waals surface area contributed by atoms with Gasteiger partial charge in [-0.3, -0.25) is 0 Å². The van der Waals surface area contributed by atoms with Crippen molar-refractivity contribution in [3.63, 3.8) is 0 Å². The van der Waals surface area contributed by atoms with Crippen molar-refractivity contribution in [1.82, 2.24) is 4.31 Å². The molecule has 4 nitrogen and oxygen atoms in total. The quantitative estimate of drug-likeness (QED) is 0.808. The van der Waals surface area contributed by atoms with Gasteiger partial charge in [0.1, 0.15) is 5.82 Å². The SMILES string of the molecule is Cc1ccc(S(=O)(=O)N2C(c3ccc(F)cc3)CCC2C(C)C#N)cc1. The number of nitriles is 1. The van der Waals surface area contributed by atoms with Crippen molar-refractivity contribution >= 4 is 10.0 Å². The van der Waals surface area contributed by atoms with Gasteiger partial charge in [-0.2, -0.15) is 9.57 Å². The largest absolute Gasteiger partial charge is 0.243 e. The Hall–Kier alpha value is -2.23. The summed E-state index contributed by atoms with van der Waals surface area (Å²) < 4.78 is 41.5. The Morgan fingerprint density at radius 1 is 1.12 bits per heavy atom. The summed E-state index contributed by atoms with van der Waals surface area (Å²) in [5, 5.41) is 9.36. The highest BCUT2D eigenvalue weighted by molar-refractivity contribution is 7.89. The molecular formula is C20H21FN2O2S. The maximum atomic E-state index is 13.4. The fourth-order valence-corrected chi connectivity index (χ4v) is 5.48. The molecule has 0 spiro atoms. The van der Waals surface area contributed by atoms with Crippen molar-refractivity contribution < 1.29 is 12.8 Å². The number of aryl methyl sites for hydroxylation is 1. The molecule has 1 aliphatic heterocycles. The first-order valence-corrected chi connectivity index (χ1v) is 10.0. The first-order valence-electron chi connectivity index (χ1n) is 8.60. The summed E-state index contributed by atoms with van der Waals surface area (Å²) in [4.78, 5) is 0.215. The van der Waals surface area contributed by atoms with Crippen molar-refractivity contribution in [3.8, 4) is 6.07 Å². The number of halogens is 1. The molecule has 0 aliphatic carbocycles. The van der Waals surface area contributed by atoms with Crippen molar-refractivity contribution in [1.29, 1.82) is 5.26 Å². The minimum Gasteiger partial charge on any atom is -0.207 e. The van der Waals surface area contributed by atoms with Crippen LogP contribution in [0.5, 0.6) is 0 Å². The van der Waals surface area contributed by atoms with Crippen LogP contribution in [0.1, 0.15) is 36.9 Å². The fourth-order valence-electron chi connectivity index (χ4n) is 3.55. The van der Waals surface area contributed by atoms with E-state index in [1.54, 1.807) is 43.3 Å². The van der Waals surface area contributed by atoms with Crippen molar-refractivity contribution in [2.75, 3.05) is 0 Å². The van der Waals surface area contributed by atoms with Gasteiger partial charge in [-0.25, -0.2) is 12.8 Å². The molecule has 136 valence electrons. The van der Waals surface area contributed by atoms with E-state index in [0.717, 1.165) is 11.1 Å². The summed E-state index contributed by atoms with van der Waals surface area (Å²) >= 11 is 0. The molecule has 0 amide bonds. The van der Waals surface area contributed by atoms with Crippen molar-refractivity contribution in [3.05, 3.63) is 65.5 Å². The average Bonchev–Trinajstić information content (AvgIpc) is 3.08. The minimum absolute atomic E-state index is 0.215. The molecule has 6 heteroatoms. The molecule has 3 atom stereocenters. The van der Waals surface area contributed by atoms with E-state index in [-0.39, 0.29) is 10.7 Å². The smallest absolute Gasteiger partial charge is 0.207 e. The number of hydrogen-bond acceptors (Lipinski definition) is 3. The van der Waals surface area contributed by atoms with Crippen LogP contribution in [0.25, 0.3) is 0 Å². The van der Waals surface area contributed by atoms with E-state index < -0.39 is 28.0 Å². The van der Waals surface area contributed by atoms with Gasteiger partial charge in [0.15, 0.2) is 0 Å². The van der Waals surface area contributed by atoms with Gasteiger partial charge in [0.05, 0.1) is 22.9 Å². The highest BCUT2D eigenvalue weighted by Gasteiger charge is 2.45. The van der Waals surface area contributed by atoms with E-state index in [9.17, 15) is 18.1 Å². The topological polar surface area (TPSA) is 61.2 Å². The lowest BCUT2D eigenvalue weighted by atomic mass is 10.0. The Morgan fingerprint density at radius 2 is 1.73 bits per heavy atom. The zero-order valence-corrected chi connectivity index (χ0v) is 15.6. The van der Waals surface area contributed by atoms with Gasteiger partial charge >= 0.3 is 0 Å². The van der Waals surface area contributed by atoms with Crippen molar-refractivity contribution in [2.24, 2.45) is 5.92 Å². The van der Waals surface area contributed by atoms with Gasteiger partial charge in [0.2, 0.25) is 10.0 Å². The van der Waals surface area contributed by atoms with Crippen LogP contribution in [0.15, 0.2) is 53.4 Å². The summed E-state index contributed by atoms with van der Waals surface area (Å²) in [7, 11) is -3.78. The number of sulfonamides is 1. The van der Waals surface area contributed by atoms with Crippen LogP contribution in [0, 0.1) is 30.0 Å². The lowest BCUT2D eigenvalue weighted by Crippen LogP contribution is -2.40. The molecule has 1 fully saturated rings. The molecule has 0 bridgehead atoms. The molecule has 2 aromatic carbocycles. The zero-order valence-electron chi connectivity index (χ0n) is 14.8. The first-order chi connectivity index (χ1) is 12.3. The number of benzene rings is 2. The van der Waals surface area contributed by atoms with Crippen LogP contribution in [-0.4, -0.2) is 18.8 Å². The number of nitrogens with zero attached hydrogens (tertiary/aromatic N) is 2. The number of hydrogen-bond donors (Lipinski definition) is 0. The molecular weight excluding hydrogens is 351 g/mol. The van der Waals surface area contributed by atoms with E-state index in [1.807, 2.05) is 6.92 Å². The highest BCUT2D eigenvalue weighted by atomic mass is 32.2. The Labute approximate surface area is 153 Å². The lowest BCUT2D eigenvalue weighted by molar-refractivity contribution is 0.290. The lowest BCUT2D eigenvalue weighted by Gasteiger charge is -2.31. The first kappa shape index (κ1) is 18.6. The second-order valence-electron chi connectivity index (χ2n) is 6.78. The van der Waals surface area contributed by atoms with Crippen LogP contribution in [0.2, 0.25) is 0 Å². The predicted molar refractivity (Wildman–Crippen MR) is 97.1 cm³/mol. The van der Waals surface area contributed by atoms with Gasteiger partial charge in [0.25, 0.3) is 0 Å². The molecule has 0 saturated carbocycles. The molecule has 0 radical (unpaired) electrons. The molecule has 1 aliphatic rings. The van der Waals surface area contributed by atoms with E-state index in [4.69, 9.17) is 0 Å². The third-order valence-electron chi connectivity index (χ3n) is 5.00. The molecule has 2 aromatic rings. The van der Waals surface area contributed by atoms with Gasteiger partial charge in [-0.15, -0.1) is 0 Å². The maximum absolute atomic E-state index is 13.4. The Bertz CT molecular complexity index is 918. The monoisotopic (exact) mass is 372 g/mol. The molecule has 26 heavy (non-hydrogen) atoms. The third kappa shape index (κ3) is 3.37. The van der Waals surface area contributed by atoms with E-state index in [0.29, 0.717) is 12.8 Å². The van der Waals surface area contributed by atoms with Crippen LogP contribution in [-0.2, 0) is 10.0 Å². The van der Waals surface area contributed by atoms with Crippen molar-refractivity contribution in [2.45, 2.75) is 43.7 Å². The summed E-state index contributed by atoms with van der Waals surface area (Å²) in [6.45, 7) is 3.64. The molecule has 0 N–H and O–H groups in total. The van der Waals surface area contributed by atoms with E-state index >= 15 is 0 Å². The summed E-state index contributed by atoms with van der Waals surface area (Å²) in [5.41, 5.74) is 1.72. The Kier molecular flexibility index (Phi) is 5.12. The van der Waals surface area contributed by atoms with Crippen LogP contribution in [0.4, 0.5) is 4.39 Å². The summed E-state index contributed by atoms with van der Waals surface area (Å²) in [6, 6.07) is 14.0. The molecule has 1 heterocycles.